The number of para-hydroxylation sites is 1. The van der Waals surface area contributed by atoms with Crippen LogP contribution in [-0.2, 0) is 20.7 Å². The number of rotatable bonds is 4. The molecule has 1 rings (SSSR count). The Kier molecular flexibility index (Phi) is 3.88. The minimum atomic E-state index is -1.29. The molecule has 0 radical (unpaired) electrons. The van der Waals surface area contributed by atoms with Gasteiger partial charge in [0.1, 0.15) is 5.75 Å². The second-order valence-electron chi connectivity index (χ2n) is 3.25. The Morgan fingerprint density at radius 1 is 1.38 bits per heavy atom. The molecule has 5 nitrogen and oxygen atoms in total. The highest BCUT2D eigenvalue weighted by molar-refractivity contribution is 5.94. The summed E-state index contributed by atoms with van der Waals surface area (Å²) in [4.78, 5) is 22.0. The maximum atomic E-state index is 11.2. The number of benzene rings is 1. The van der Waals surface area contributed by atoms with Crippen LogP contribution in [0.3, 0.4) is 0 Å². The lowest BCUT2D eigenvalue weighted by Gasteiger charge is -2.10. The summed E-state index contributed by atoms with van der Waals surface area (Å²) < 4.78 is 4.38. The topological polar surface area (TPSA) is 83.8 Å². The van der Waals surface area contributed by atoms with Crippen LogP contribution in [0.25, 0.3) is 0 Å². The Bertz CT molecular complexity index is 399. The lowest BCUT2D eigenvalue weighted by molar-refractivity contribution is -0.156. The zero-order valence-electron chi connectivity index (χ0n) is 8.71. The van der Waals surface area contributed by atoms with Crippen molar-refractivity contribution in [1.29, 1.82) is 0 Å². The number of carbonyl (C=O) groups excluding carboxylic acids is 1. The van der Waals surface area contributed by atoms with Gasteiger partial charge in [0.25, 0.3) is 0 Å². The lowest BCUT2D eigenvalue weighted by atomic mass is 9.99. The van der Waals surface area contributed by atoms with Gasteiger partial charge in [0.15, 0.2) is 5.92 Å². The summed E-state index contributed by atoms with van der Waals surface area (Å²) in [5.41, 5.74) is 0.403. The predicted octanol–water partition coefficient (Wildman–Crippen LogP) is 0.808. The number of ether oxygens (including phenoxy) is 1. The van der Waals surface area contributed by atoms with Crippen molar-refractivity contribution in [1.82, 2.24) is 0 Å². The quantitative estimate of drug-likeness (QED) is 0.584. The van der Waals surface area contributed by atoms with Crippen molar-refractivity contribution in [3.63, 3.8) is 0 Å². The van der Waals surface area contributed by atoms with Crippen molar-refractivity contribution in [2.75, 3.05) is 7.11 Å². The number of carbonyl (C=O) groups is 2. The average Bonchev–Trinajstić information content (AvgIpc) is 2.26. The molecule has 0 saturated carbocycles. The molecule has 1 aromatic carbocycles. The molecule has 0 spiro atoms. The summed E-state index contributed by atoms with van der Waals surface area (Å²) in [5, 5.41) is 18.3. The third-order valence-corrected chi connectivity index (χ3v) is 2.20. The van der Waals surface area contributed by atoms with E-state index in [-0.39, 0.29) is 12.2 Å². The lowest BCUT2D eigenvalue weighted by Crippen LogP contribution is -2.27. The molecule has 0 fully saturated rings. The molecule has 0 aliphatic heterocycles. The minimum Gasteiger partial charge on any atom is -0.508 e. The summed E-state index contributed by atoms with van der Waals surface area (Å²) in [7, 11) is 1.13. The summed E-state index contributed by atoms with van der Waals surface area (Å²) in [6, 6.07) is 6.28. The highest BCUT2D eigenvalue weighted by atomic mass is 16.5. The van der Waals surface area contributed by atoms with Gasteiger partial charge in [-0.3, -0.25) is 9.59 Å². The minimum absolute atomic E-state index is 0.0300. The smallest absolute Gasteiger partial charge is 0.320 e. The number of aliphatic carboxylic acids is 1. The number of esters is 1. The van der Waals surface area contributed by atoms with E-state index in [1.807, 2.05) is 0 Å². The van der Waals surface area contributed by atoms with Crippen LogP contribution >= 0.6 is 0 Å². The van der Waals surface area contributed by atoms with Crippen LogP contribution in [0, 0.1) is 5.92 Å². The number of phenols is 1. The fraction of sp³-hybridized carbons (Fsp3) is 0.273. The zero-order chi connectivity index (χ0) is 12.1. The van der Waals surface area contributed by atoms with Gasteiger partial charge < -0.3 is 14.9 Å². The maximum Gasteiger partial charge on any atom is 0.320 e. The Labute approximate surface area is 92.3 Å². The molecule has 0 aromatic heterocycles. The molecule has 1 unspecified atom stereocenters. The molecule has 2 N–H and O–H groups in total. The fourth-order valence-corrected chi connectivity index (χ4v) is 1.32. The van der Waals surface area contributed by atoms with Crippen LogP contribution in [-0.4, -0.2) is 29.3 Å². The van der Waals surface area contributed by atoms with E-state index in [9.17, 15) is 14.7 Å². The van der Waals surface area contributed by atoms with Crippen molar-refractivity contribution < 1.29 is 24.5 Å². The second kappa shape index (κ2) is 5.16. The van der Waals surface area contributed by atoms with Gasteiger partial charge in [0, 0.05) is 0 Å². The number of hydrogen-bond donors (Lipinski definition) is 2. The van der Waals surface area contributed by atoms with Gasteiger partial charge in [0.05, 0.1) is 7.11 Å². The summed E-state index contributed by atoms with van der Waals surface area (Å²) in [5.74, 6) is -3.41. The van der Waals surface area contributed by atoms with Crippen LogP contribution in [0.2, 0.25) is 0 Å². The van der Waals surface area contributed by atoms with E-state index in [1.54, 1.807) is 18.2 Å². The van der Waals surface area contributed by atoms with E-state index in [4.69, 9.17) is 5.11 Å². The van der Waals surface area contributed by atoms with E-state index in [1.165, 1.54) is 6.07 Å². The molecule has 86 valence electrons. The molecule has 0 aliphatic carbocycles. The Morgan fingerprint density at radius 2 is 2.00 bits per heavy atom. The molecule has 0 amide bonds. The van der Waals surface area contributed by atoms with Crippen LogP contribution in [0.4, 0.5) is 0 Å². The maximum absolute atomic E-state index is 11.2. The number of methoxy groups -OCH3 is 1. The van der Waals surface area contributed by atoms with Crippen LogP contribution in [0.1, 0.15) is 5.56 Å². The van der Waals surface area contributed by atoms with Crippen molar-refractivity contribution in [3.05, 3.63) is 29.8 Å². The third kappa shape index (κ3) is 2.73. The Hall–Kier alpha value is -2.04. The number of carboxylic acids is 1. The van der Waals surface area contributed by atoms with E-state index >= 15 is 0 Å². The SMILES string of the molecule is COC(=O)C(Cc1ccccc1O)C(=O)O. The first-order chi connectivity index (χ1) is 7.56. The number of phenolic OH excluding ortho intramolecular Hbond substituents is 1. The first-order valence-corrected chi connectivity index (χ1v) is 4.63. The molecule has 16 heavy (non-hydrogen) atoms. The van der Waals surface area contributed by atoms with Gasteiger partial charge in [-0.1, -0.05) is 18.2 Å². The van der Waals surface area contributed by atoms with Crippen molar-refractivity contribution in [2.24, 2.45) is 5.92 Å². The van der Waals surface area contributed by atoms with Gasteiger partial charge in [-0.15, -0.1) is 0 Å². The van der Waals surface area contributed by atoms with Crippen molar-refractivity contribution in [3.8, 4) is 5.75 Å². The number of carboxylic acid groups (broad SMARTS) is 1. The highest BCUT2D eigenvalue weighted by Crippen LogP contribution is 2.20. The van der Waals surface area contributed by atoms with E-state index < -0.39 is 17.9 Å². The summed E-state index contributed by atoms with van der Waals surface area (Å²) >= 11 is 0. The molecule has 0 heterocycles. The molecule has 5 heteroatoms. The summed E-state index contributed by atoms with van der Waals surface area (Å²) in [6.45, 7) is 0. The predicted molar refractivity (Wildman–Crippen MR) is 55.0 cm³/mol. The molecule has 1 atom stereocenters. The second-order valence-corrected chi connectivity index (χ2v) is 3.25. The standard InChI is InChI=1S/C11H12O5/c1-16-11(15)8(10(13)14)6-7-4-2-3-5-9(7)12/h2-5,8,12H,6H2,1H3,(H,13,14). The Morgan fingerprint density at radius 3 is 2.50 bits per heavy atom. The van der Waals surface area contributed by atoms with E-state index in [0.29, 0.717) is 5.56 Å². The molecular formula is C11H12O5. The van der Waals surface area contributed by atoms with Gasteiger partial charge in [-0.05, 0) is 18.1 Å². The molecule has 0 bridgehead atoms. The molecule has 0 aliphatic rings. The normalized spacial score (nSPS) is 11.8. The first-order valence-electron chi connectivity index (χ1n) is 4.63. The van der Waals surface area contributed by atoms with Crippen molar-refractivity contribution >= 4 is 11.9 Å². The largest absolute Gasteiger partial charge is 0.508 e. The molecule has 0 saturated heterocycles. The highest BCUT2D eigenvalue weighted by Gasteiger charge is 2.28. The summed E-state index contributed by atoms with van der Waals surface area (Å²) in [6.07, 6.45) is -0.0886. The van der Waals surface area contributed by atoms with E-state index in [2.05, 4.69) is 4.74 Å². The number of hydrogen-bond acceptors (Lipinski definition) is 4. The molecule has 1 aromatic rings. The van der Waals surface area contributed by atoms with Gasteiger partial charge in [-0.2, -0.15) is 0 Å². The average molecular weight is 224 g/mol. The van der Waals surface area contributed by atoms with Crippen molar-refractivity contribution in [2.45, 2.75) is 6.42 Å². The van der Waals surface area contributed by atoms with E-state index in [0.717, 1.165) is 7.11 Å². The Balaban J connectivity index is 2.88. The van der Waals surface area contributed by atoms with Crippen LogP contribution in [0.5, 0.6) is 5.75 Å². The van der Waals surface area contributed by atoms with Crippen LogP contribution < -0.4 is 0 Å². The third-order valence-electron chi connectivity index (χ3n) is 2.20. The van der Waals surface area contributed by atoms with Gasteiger partial charge in [-0.25, -0.2) is 0 Å². The zero-order valence-corrected chi connectivity index (χ0v) is 8.71. The van der Waals surface area contributed by atoms with Gasteiger partial charge >= 0.3 is 11.9 Å². The van der Waals surface area contributed by atoms with Gasteiger partial charge in [0.2, 0.25) is 0 Å². The first kappa shape index (κ1) is 12.0. The number of aromatic hydroxyl groups is 1. The molecular weight excluding hydrogens is 212 g/mol. The monoisotopic (exact) mass is 224 g/mol. The van der Waals surface area contributed by atoms with Crippen LogP contribution in [0.15, 0.2) is 24.3 Å². The fourth-order valence-electron chi connectivity index (χ4n) is 1.32.